The van der Waals surface area contributed by atoms with Crippen molar-refractivity contribution in [3.05, 3.63) is 17.5 Å². The SMILES string of the molecule is Cc1conc1C1(CNC(=O)O)NC(=O)NC1=O. The summed E-state index contributed by atoms with van der Waals surface area (Å²) in [6.45, 7) is 1.29. The number of imide groups is 1. The first kappa shape index (κ1) is 11.9. The minimum Gasteiger partial charge on any atom is -0.465 e. The molecule has 0 spiro atoms. The summed E-state index contributed by atoms with van der Waals surface area (Å²) in [5, 5.41) is 18.7. The van der Waals surface area contributed by atoms with E-state index in [-0.39, 0.29) is 12.2 Å². The van der Waals surface area contributed by atoms with Crippen LogP contribution in [-0.2, 0) is 10.3 Å². The summed E-state index contributed by atoms with van der Waals surface area (Å²) in [6, 6.07) is -0.713. The molecule has 9 nitrogen and oxygen atoms in total. The van der Waals surface area contributed by atoms with E-state index in [1.54, 1.807) is 6.92 Å². The molecule has 2 heterocycles. The van der Waals surface area contributed by atoms with Crippen LogP contribution < -0.4 is 16.0 Å². The summed E-state index contributed by atoms with van der Waals surface area (Å²) in [5.41, 5.74) is -0.883. The van der Waals surface area contributed by atoms with Crippen LogP contribution in [0.1, 0.15) is 11.3 Å². The van der Waals surface area contributed by atoms with E-state index in [0.717, 1.165) is 0 Å². The maximum atomic E-state index is 11.9. The molecule has 0 aliphatic carbocycles. The molecule has 1 atom stereocenters. The average molecular weight is 254 g/mol. The van der Waals surface area contributed by atoms with E-state index in [0.29, 0.717) is 5.56 Å². The van der Waals surface area contributed by atoms with Crippen molar-refractivity contribution < 1.29 is 24.0 Å². The quantitative estimate of drug-likeness (QED) is 0.526. The summed E-state index contributed by atoms with van der Waals surface area (Å²) < 4.78 is 4.72. The lowest BCUT2D eigenvalue weighted by atomic mass is 9.93. The highest BCUT2D eigenvalue weighted by atomic mass is 16.5. The van der Waals surface area contributed by atoms with Crippen molar-refractivity contribution >= 4 is 18.0 Å². The van der Waals surface area contributed by atoms with Gasteiger partial charge in [0, 0.05) is 5.56 Å². The number of amides is 4. The number of carboxylic acid groups (broad SMARTS) is 1. The maximum absolute atomic E-state index is 11.9. The zero-order valence-corrected chi connectivity index (χ0v) is 9.31. The summed E-state index contributed by atoms with van der Waals surface area (Å²) in [5.74, 6) is -0.682. The van der Waals surface area contributed by atoms with Gasteiger partial charge in [-0.2, -0.15) is 0 Å². The zero-order chi connectivity index (χ0) is 13.3. The normalized spacial score (nSPS) is 22.5. The van der Waals surface area contributed by atoms with Gasteiger partial charge >= 0.3 is 12.1 Å². The first-order valence-corrected chi connectivity index (χ1v) is 4.97. The Balaban J connectivity index is 2.40. The Bertz CT molecular complexity index is 525. The predicted molar refractivity (Wildman–Crippen MR) is 55.6 cm³/mol. The highest BCUT2D eigenvalue weighted by molar-refractivity contribution is 6.07. The van der Waals surface area contributed by atoms with Gasteiger partial charge in [0.1, 0.15) is 12.0 Å². The predicted octanol–water partition coefficient (Wildman–Crippen LogP) is -0.715. The minimum atomic E-state index is -1.58. The average Bonchev–Trinajstić information content (AvgIpc) is 2.81. The summed E-state index contributed by atoms with van der Waals surface area (Å²) in [6.07, 6.45) is -0.0141. The molecule has 1 aromatic rings. The lowest BCUT2D eigenvalue weighted by Crippen LogP contribution is -2.53. The Labute approximate surface area is 101 Å². The van der Waals surface area contributed by atoms with Crippen LogP contribution in [0.15, 0.2) is 10.8 Å². The number of rotatable bonds is 3. The molecule has 18 heavy (non-hydrogen) atoms. The third kappa shape index (κ3) is 1.75. The van der Waals surface area contributed by atoms with Crippen LogP contribution in [0.25, 0.3) is 0 Å². The third-order valence-electron chi connectivity index (χ3n) is 2.60. The second kappa shape index (κ2) is 4.02. The van der Waals surface area contributed by atoms with Crippen LogP contribution in [0, 0.1) is 6.92 Å². The molecule has 4 N–H and O–H groups in total. The van der Waals surface area contributed by atoms with Gasteiger partial charge in [0.2, 0.25) is 0 Å². The molecular formula is C9H10N4O5. The molecule has 1 saturated heterocycles. The van der Waals surface area contributed by atoms with Crippen LogP contribution in [0.4, 0.5) is 9.59 Å². The van der Waals surface area contributed by atoms with Crippen molar-refractivity contribution in [2.75, 3.05) is 6.54 Å². The molecule has 1 aromatic heterocycles. The molecule has 0 bridgehead atoms. The molecular weight excluding hydrogens is 244 g/mol. The molecule has 1 unspecified atom stereocenters. The fourth-order valence-corrected chi connectivity index (χ4v) is 1.78. The highest BCUT2D eigenvalue weighted by Gasteiger charge is 2.51. The van der Waals surface area contributed by atoms with Crippen molar-refractivity contribution in [3.63, 3.8) is 0 Å². The van der Waals surface area contributed by atoms with Crippen LogP contribution in [0.5, 0.6) is 0 Å². The molecule has 0 radical (unpaired) electrons. The number of nitrogens with zero attached hydrogens (tertiary/aromatic N) is 1. The van der Waals surface area contributed by atoms with Gasteiger partial charge in [0.05, 0.1) is 6.54 Å². The lowest BCUT2D eigenvalue weighted by molar-refractivity contribution is -0.124. The topological polar surface area (TPSA) is 134 Å². The third-order valence-corrected chi connectivity index (χ3v) is 2.60. The Morgan fingerprint density at radius 3 is 2.78 bits per heavy atom. The van der Waals surface area contributed by atoms with Gasteiger partial charge in [-0.1, -0.05) is 5.16 Å². The van der Waals surface area contributed by atoms with E-state index in [9.17, 15) is 14.4 Å². The molecule has 2 rings (SSSR count). The number of carbonyl (C=O) groups excluding carboxylic acids is 2. The highest BCUT2D eigenvalue weighted by Crippen LogP contribution is 2.25. The molecule has 1 aliphatic rings. The summed E-state index contributed by atoms with van der Waals surface area (Å²) >= 11 is 0. The first-order valence-electron chi connectivity index (χ1n) is 4.97. The van der Waals surface area contributed by atoms with E-state index in [4.69, 9.17) is 9.63 Å². The van der Waals surface area contributed by atoms with Gasteiger partial charge in [-0.25, -0.2) is 9.59 Å². The van der Waals surface area contributed by atoms with Gasteiger partial charge in [-0.3, -0.25) is 10.1 Å². The van der Waals surface area contributed by atoms with Crippen molar-refractivity contribution in [2.24, 2.45) is 0 Å². The number of hydrogen-bond acceptors (Lipinski definition) is 5. The Hall–Kier alpha value is -2.58. The fourth-order valence-electron chi connectivity index (χ4n) is 1.78. The van der Waals surface area contributed by atoms with Crippen molar-refractivity contribution in [3.8, 4) is 0 Å². The number of hydrogen-bond donors (Lipinski definition) is 4. The lowest BCUT2D eigenvalue weighted by Gasteiger charge is -2.23. The van der Waals surface area contributed by atoms with E-state index in [1.807, 2.05) is 5.32 Å². The van der Waals surface area contributed by atoms with Crippen LogP contribution >= 0.6 is 0 Å². The van der Waals surface area contributed by atoms with Gasteiger partial charge in [0.25, 0.3) is 5.91 Å². The molecule has 9 heteroatoms. The number of aryl methyl sites for hydroxylation is 1. The first-order chi connectivity index (χ1) is 8.45. The van der Waals surface area contributed by atoms with Gasteiger partial charge in [-0.05, 0) is 6.92 Å². The van der Waals surface area contributed by atoms with Gasteiger partial charge < -0.3 is 20.3 Å². The maximum Gasteiger partial charge on any atom is 0.404 e. The van der Waals surface area contributed by atoms with E-state index in [1.165, 1.54) is 6.26 Å². The number of aromatic nitrogens is 1. The Morgan fingerprint density at radius 2 is 2.33 bits per heavy atom. The second-order valence-electron chi connectivity index (χ2n) is 3.82. The molecule has 4 amide bonds. The van der Waals surface area contributed by atoms with Gasteiger partial charge in [0.15, 0.2) is 5.54 Å². The van der Waals surface area contributed by atoms with Crippen molar-refractivity contribution in [1.82, 2.24) is 21.1 Å². The van der Waals surface area contributed by atoms with E-state index in [2.05, 4.69) is 15.8 Å². The molecule has 1 aliphatic heterocycles. The molecule has 0 aromatic carbocycles. The van der Waals surface area contributed by atoms with Crippen LogP contribution in [0.2, 0.25) is 0 Å². The van der Waals surface area contributed by atoms with E-state index >= 15 is 0 Å². The van der Waals surface area contributed by atoms with Crippen LogP contribution in [0.3, 0.4) is 0 Å². The summed E-state index contributed by atoms with van der Waals surface area (Å²) in [4.78, 5) is 33.6. The van der Waals surface area contributed by atoms with E-state index < -0.39 is 23.6 Å². The monoisotopic (exact) mass is 254 g/mol. The smallest absolute Gasteiger partial charge is 0.404 e. The van der Waals surface area contributed by atoms with Crippen molar-refractivity contribution in [2.45, 2.75) is 12.5 Å². The molecule has 0 saturated carbocycles. The largest absolute Gasteiger partial charge is 0.465 e. The minimum absolute atomic E-state index is 0.166. The number of carbonyl (C=O) groups is 3. The van der Waals surface area contributed by atoms with Crippen LogP contribution in [-0.4, -0.2) is 34.8 Å². The Morgan fingerprint density at radius 1 is 1.61 bits per heavy atom. The number of urea groups is 1. The molecule has 96 valence electrons. The van der Waals surface area contributed by atoms with Gasteiger partial charge in [-0.15, -0.1) is 0 Å². The fraction of sp³-hybridized carbons (Fsp3) is 0.333. The zero-order valence-electron chi connectivity index (χ0n) is 9.31. The summed E-state index contributed by atoms with van der Waals surface area (Å²) in [7, 11) is 0. The Kier molecular flexibility index (Phi) is 2.66. The van der Waals surface area contributed by atoms with Crippen molar-refractivity contribution in [1.29, 1.82) is 0 Å². The molecule has 1 fully saturated rings. The number of nitrogens with one attached hydrogen (secondary N) is 3. The standard InChI is InChI=1S/C9H10N4O5/c1-4-2-18-13-5(4)9(3-10-8(16)17)6(14)11-7(15)12-9/h2,10H,3H2,1H3,(H,16,17)(H2,11,12,14,15). The second-order valence-corrected chi connectivity index (χ2v) is 3.82.